The summed E-state index contributed by atoms with van der Waals surface area (Å²) in [6.45, 7) is 5.76. The van der Waals surface area contributed by atoms with E-state index in [1.54, 1.807) is 11.0 Å². The number of carbonyl (C=O) groups is 2. The second kappa shape index (κ2) is 8.50. The fraction of sp³-hybridized carbons (Fsp3) is 0.259. The Kier molecular flexibility index (Phi) is 5.74. The molecule has 0 spiro atoms. The molecule has 0 aliphatic heterocycles. The lowest BCUT2D eigenvalue weighted by Gasteiger charge is -2.33. The van der Waals surface area contributed by atoms with Crippen molar-refractivity contribution in [2.24, 2.45) is 0 Å². The van der Waals surface area contributed by atoms with Crippen molar-refractivity contribution >= 4 is 17.7 Å². The molecule has 5 heteroatoms. The molecule has 0 saturated heterocycles. The Morgan fingerprint density at radius 3 is 2.19 bits per heavy atom. The zero-order chi connectivity index (χ0) is 22.9. The third-order valence-corrected chi connectivity index (χ3v) is 5.85. The van der Waals surface area contributed by atoms with Crippen molar-refractivity contribution in [2.75, 3.05) is 5.32 Å². The van der Waals surface area contributed by atoms with Gasteiger partial charge in [-0.15, -0.1) is 0 Å². The lowest BCUT2D eigenvalue weighted by Crippen LogP contribution is -2.46. The number of anilines is 1. The maximum absolute atomic E-state index is 12.8. The Hall–Kier alpha value is -3.60. The number of carbonyl (C=O) groups excluding carboxylic acids is 1. The summed E-state index contributed by atoms with van der Waals surface area (Å²) in [4.78, 5) is 26.0. The zero-order valence-corrected chi connectivity index (χ0v) is 18.6. The van der Waals surface area contributed by atoms with Crippen molar-refractivity contribution in [2.45, 2.75) is 44.7 Å². The summed E-state index contributed by atoms with van der Waals surface area (Å²) < 4.78 is 0. The molecular weight excluding hydrogens is 400 g/mol. The Labute approximate surface area is 188 Å². The van der Waals surface area contributed by atoms with Gasteiger partial charge < -0.3 is 10.4 Å². The van der Waals surface area contributed by atoms with E-state index in [9.17, 15) is 14.7 Å². The minimum Gasteiger partial charge on any atom is -0.465 e. The summed E-state index contributed by atoms with van der Waals surface area (Å²) in [5.41, 5.74) is 4.03. The van der Waals surface area contributed by atoms with E-state index in [0.29, 0.717) is 11.3 Å². The van der Waals surface area contributed by atoms with Crippen molar-refractivity contribution in [3.8, 4) is 11.1 Å². The second-order valence-corrected chi connectivity index (χ2v) is 9.26. The van der Waals surface area contributed by atoms with Crippen molar-refractivity contribution < 1.29 is 14.7 Å². The summed E-state index contributed by atoms with van der Waals surface area (Å²) in [6.07, 6.45) is -0.0618. The highest BCUT2D eigenvalue weighted by atomic mass is 16.4. The first-order chi connectivity index (χ1) is 15.2. The quantitative estimate of drug-likeness (QED) is 0.505. The van der Waals surface area contributed by atoms with E-state index in [-0.39, 0.29) is 17.9 Å². The summed E-state index contributed by atoms with van der Waals surface area (Å²) in [5, 5.41) is 12.6. The molecule has 2 atom stereocenters. The van der Waals surface area contributed by atoms with E-state index in [0.717, 1.165) is 23.1 Å². The first-order valence-corrected chi connectivity index (χ1v) is 10.8. The number of carboxylic acid groups (broad SMARTS) is 1. The number of nitrogens with zero attached hydrogens (tertiary/aromatic N) is 1. The van der Waals surface area contributed by atoms with E-state index >= 15 is 0 Å². The van der Waals surface area contributed by atoms with Gasteiger partial charge in [0.1, 0.15) is 0 Å². The first-order valence-electron chi connectivity index (χ1n) is 10.8. The molecule has 1 fully saturated rings. The Balaban J connectivity index is 1.43. The van der Waals surface area contributed by atoms with Crippen LogP contribution in [0.1, 0.15) is 49.0 Å². The van der Waals surface area contributed by atoms with E-state index < -0.39 is 11.6 Å². The smallest absolute Gasteiger partial charge is 0.408 e. The Bertz CT molecular complexity index is 1120. The number of benzene rings is 3. The molecule has 0 aromatic heterocycles. The fourth-order valence-corrected chi connectivity index (χ4v) is 4.24. The van der Waals surface area contributed by atoms with Crippen molar-refractivity contribution in [3.63, 3.8) is 0 Å². The van der Waals surface area contributed by atoms with Gasteiger partial charge in [-0.3, -0.25) is 9.69 Å². The van der Waals surface area contributed by atoms with Gasteiger partial charge in [0.2, 0.25) is 0 Å². The van der Waals surface area contributed by atoms with Crippen LogP contribution in [0.5, 0.6) is 0 Å². The summed E-state index contributed by atoms with van der Waals surface area (Å²) >= 11 is 0. The molecule has 1 saturated carbocycles. The number of rotatable bonds is 5. The topological polar surface area (TPSA) is 69.6 Å². The maximum Gasteiger partial charge on any atom is 0.408 e. The molecule has 32 heavy (non-hydrogen) atoms. The average molecular weight is 429 g/mol. The van der Waals surface area contributed by atoms with Gasteiger partial charge in [-0.25, -0.2) is 4.79 Å². The lowest BCUT2D eigenvalue weighted by molar-refractivity contribution is 0.0939. The van der Waals surface area contributed by atoms with Crippen molar-refractivity contribution in [1.82, 2.24) is 4.90 Å². The molecule has 0 bridgehead atoms. The van der Waals surface area contributed by atoms with Crippen molar-refractivity contribution in [1.29, 1.82) is 0 Å². The predicted molar refractivity (Wildman–Crippen MR) is 127 cm³/mol. The van der Waals surface area contributed by atoms with Crippen LogP contribution < -0.4 is 5.32 Å². The Morgan fingerprint density at radius 2 is 1.56 bits per heavy atom. The number of nitrogens with one attached hydrogen (secondary N) is 1. The largest absolute Gasteiger partial charge is 0.465 e. The van der Waals surface area contributed by atoms with Crippen LogP contribution in [-0.2, 0) is 0 Å². The second-order valence-electron chi connectivity index (χ2n) is 9.26. The molecule has 164 valence electrons. The van der Waals surface area contributed by atoms with Gasteiger partial charge in [0.05, 0.1) is 0 Å². The molecule has 1 aliphatic carbocycles. The van der Waals surface area contributed by atoms with Crippen LogP contribution in [0.25, 0.3) is 11.1 Å². The van der Waals surface area contributed by atoms with Crippen LogP contribution in [-0.4, -0.2) is 33.6 Å². The molecule has 0 radical (unpaired) electrons. The minimum absolute atomic E-state index is 0.00586. The van der Waals surface area contributed by atoms with Crippen LogP contribution >= 0.6 is 0 Å². The first kappa shape index (κ1) is 21.6. The number of hydrogen-bond donors (Lipinski definition) is 2. The highest BCUT2D eigenvalue weighted by Crippen LogP contribution is 2.47. The molecule has 1 aliphatic rings. The predicted octanol–water partition coefficient (Wildman–Crippen LogP) is 6.24. The summed E-state index contributed by atoms with van der Waals surface area (Å²) in [7, 11) is 0. The zero-order valence-electron chi connectivity index (χ0n) is 18.6. The van der Waals surface area contributed by atoms with E-state index in [4.69, 9.17) is 0 Å². The Morgan fingerprint density at radius 1 is 0.906 bits per heavy atom. The molecule has 2 amide bonds. The molecule has 3 aromatic carbocycles. The van der Waals surface area contributed by atoms with Crippen LogP contribution in [0.2, 0.25) is 0 Å². The summed E-state index contributed by atoms with van der Waals surface area (Å²) in [5.74, 6) is 0.0299. The van der Waals surface area contributed by atoms with E-state index in [1.165, 1.54) is 0 Å². The molecule has 0 heterocycles. The normalized spacial score (nSPS) is 17.5. The van der Waals surface area contributed by atoms with Gasteiger partial charge in [0.15, 0.2) is 0 Å². The van der Waals surface area contributed by atoms with Crippen LogP contribution in [0.15, 0.2) is 78.9 Å². The van der Waals surface area contributed by atoms with Gasteiger partial charge in [0, 0.05) is 28.7 Å². The fourth-order valence-electron chi connectivity index (χ4n) is 4.24. The van der Waals surface area contributed by atoms with Crippen LogP contribution in [0.3, 0.4) is 0 Å². The highest BCUT2D eigenvalue weighted by Gasteiger charge is 2.48. The van der Waals surface area contributed by atoms with Crippen LogP contribution in [0.4, 0.5) is 10.5 Å². The third kappa shape index (κ3) is 4.67. The molecule has 2 N–H and O–H groups in total. The molecular formula is C27H28N2O3. The molecule has 5 nitrogen and oxygen atoms in total. The SMILES string of the molecule is CC(C)(C)N(C(=O)O)C1CC1c1ccc(NC(=O)c2cccc(-c3ccccc3)c2)cc1. The molecule has 2 unspecified atom stereocenters. The number of amides is 2. The lowest BCUT2D eigenvalue weighted by atomic mass is 10.0. The van der Waals surface area contributed by atoms with Gasteiger partial charge in [-0.2, -0.15) is 0 Å². The van der Waals surface area contributed by atoms with Gasteiger partial charge in [0.25, 0.3) is 5.91 Å². The van der Waals surface area contributed by atoms with Gasteiger partial charge >= 0.3 is 6.09 Å². The van der Waals surface area contributed by atoms with E-state index in [2.05, 4.69) is 5.32 Å². The van der Waals surface area contributed by atoms with E-state index in [1.807, 2.05) is 93.6 Å². The minimum atomic E-state index is -0.883. The van der Waals surface area contributed by atoms with Crippen molar-refractivity contribution in [3.05, 3.63) is 90.0 Å². The number of hydrogen-bond acceptors (Lipinski definition) is 2. The maximum atomic E-state index is 12.8. The molecule has 3 aromatic rings. The standard InChI is InChI=1S/C27H28N2O3/c1-27(2,3)29(26(31)32)24-17-23(24)19-12-14-22(15-13-19)28-25(30)21-11-7-10-20(16-21)18-8-5-4-6-9-18/h4-16,23-24H,17H2,1-3H3,(H,28,30)(H,31,32). The van der Waals surface area contributed by atoms with Gasteiger partial charge in [-0.1, -0.05) is 54.6 Å². The average Bonchev–Trinajstić information content (AvgIpc) is 3.53. The monoisotopic (exact) mass is 428 g/mol. The van der Waals surface area contributed by atoms with Crippen LogP contribution in [0, 0.1) is 0 Å². The molecule has 4 rings (SSSR count). The highest BCUT2D eigenvalue weighted by molar-refractivity contribution is 6.05. The summed E-state index contributed by atoms with van der Waals surface area (Å²) in [6, 6.07) is 25.2. The third-order valence-electron chi connectivity index (χ3n) is 5.85. The van der Waals surface area contributed by atoms with Gasteiger partial charge in [-0.05, 0) is 68.1 Å².